The molecule has 2 aliphatic rings. The van der Waals surface area contributed by atoms with Gasteiger partial charge in [0.1, 0.15) is 6.04 Å². The van der Waals surface area contributed by atoms with E-state index in [1.54, 1.807) is 6.07 Å². The molecule has 0 radical (unpaired) electrons. The largest absolute Gasteiger partial charge is 0.351 e. The molecule has 0 unspecified atom stereocenters. The van der Waals surface area contributed by atoms with Crippen LogP contribution in [0.1, 0.15) is 55.3 Å². The van der Waals surface area contributed by atoms with Gasteiger partial charge in [-0.1, -0.05) is 57.2 Å². The highest BCUT2D eigenvalue weighted by atomic mass is 32.1. The van der Waals surface area contributed by atoms with Gasteiger partial charge in [0.05, 0.1) is 4.88 Å². The molecule has 1 aromatic heterocycles. The number of nitrogens with one attached hydrogen (secondary N) is 2. The van der Waals surface area contributed by atoms with Crippen molar-refractivity contribution in [2.75, 3.05) is 0 Å². The minimum absolute atomic E-state index is 0.0756. The van der Waals surface area contributed by atoms with Crippen molar-refractivity contribution < 1.29 is 9.59 Å². The summed E-state index contributed by atoms with van der Waals surface area (Å²) in [6.07, 6.45) is 3.92. The van der Waals surface area contributed by atoms with Crippen LogP contribution in [0.15, 0.2) is 47.8 Å². The second-order valence-electron chi connectivity index (χ2n) is 9.36. The lowest BCUT2D eigenvalue weighted by Crippen LogP contribution is -2.54. The molecular formula is C24H30N2O2S. The van der Waals surface area contributed by atoms with Crippen molar-refractivity contribution >= 4 is 23.2 Å². The van der Waals surface area contributed by atoms with Gasteiger partial charge in [0, 0.05) is 12.5 Å². The Morgan fingerprint density at radius 1 is 1.14 bits per heavy atom. The van der Waals surface area contributed by atoms with E-state index in [-0.39, 0.29) is 28.7 Å². The lowest BCUT2D eigenvalue weighted by Gasteiger charge is -2.40. The predicted octanol–water partition coefficient (Wildman–Crippen LogP) is 4.42. The van der Waals surface area contributed by atoms with E-state index in [9.17, 15) is 9.59 Å². The van der Waals surface area contributed by atoms with Crippen LogP contribution in [0.4, 0.5) is 0 Å². The van der Waals surface area contributed by atoms with Gasteiger partial charge in [0.15, 0.2) is 0 Å². The third kappa shape index (κ3) is 3.61. The van der Waals surface area contributed by atoms with E-state index < -0.39 is 6.04 Å². The molecule has 154 valence electrons. The first kappa shape index (κ1) is 20.1. The summed E-state index contributed by atoms with van der Waals surface area (Å²) in [5.41, 5.74) is 1.39. The van der Waals surface area contributed by atoms with Crippen molar-refractivity contribution in [2.45, 2.75) is 58.5 Å². The summed E-state index contributed by atoms with van der Waals surface area (Å²) in [6, 6.07) is 13.1. The fourth-order valence-electron chi connectivity index (χ4n) is 5.39. The summed E-state index contributed by atoms with van der Waals surface area (Å²) in [5, 5.41) is 8.18. The van der Waals surface area contributed by atoms with Gasteiger partial charge in [0.2, 0.25) is 5.91 Å². The normalized spacial score (nSPS) is 28.1. The fraction of sp³-hybridized carbons (Fsp3) is 0.500. The zero-order chi connectivity index (χ0) is 20.6. The number of thiophene rings is 1. The number of carbonyl (C=O) groups is 2. The standard InChI is InChI=1S/C24H30N2O2S/c1-23(2)17-11-12-24(23,3)20(15-17)26-21(27)18(14-16-8-5-4-6-9-16)25-22(28)19-10-7-13-29-19/h4-10,13,17-18,20H,11-12,14-15H2,1-3H3,(H,25,28)(H,26,27)/t17-,18-,20-,24-/m0/s1. The van der Waals surface area contributed by atoms with Crippen LogP contribution in [0.2, 0.25) is 0 Å². The van der Waals surface area contributed by atoms with Crippen molar-refractivity contribution in [3.05, 3.63) is 58.3 Å². The average Bonchev–Trinajstić information content (AvgIpc) is 3.35. The molecule has 4 rings (SSSR count). The molecule has 2 saturated carbocycles. The zero-order valence-corrected chi connectivity index (χ0v) is 18.2. The Hall–Kier alpha value is -2.14. The highest BCUT2D eigenvalue weighted by Gasteiger charge is 2.61. The molecule has 0 spiro atoms. The summed E-state index contributed by atoms with van der Waals surface area (Å²) >= 11 is 1.39. The number of rotatable bonds is 6. The molecule has 5 heteroatoms. The first-order valence-electron chi connectivity index (χ1n) is 10.5. The Labute approximate surface area is 177 Å². The molecule has 29 heavy (non-hydrogen) atoms. The van der Waals surface area contributed by atoms with Crippen molar-refractivity contribution in [3.63, 3.8) is 0 Å². The van der Waals surface area contributed by atoms with Crippen molar-refractivity contribution in [3.8, 4) is 0 Å². The molecule has 4 atom stereocenters. The van der Waals surface area contributed by atoms with Crippen LogP contribution in [-0.4, -0.2) is 23.9 Å². The third-order valence-corrected chi connectivity index (χ3v) is 8.63. The predicted molar refractivity (Wildman–Crippen MR) is 117 cm³/mol. The summed E-state index contributed by atoms with van der Waals surface area (Å²) in [7, 11) is 0. The number of carbonyl (C=O) groups excluding carboxylic acids is 2. The molecule has 2 N–H and O–H groups in total. The Kier molecular flexibility index (Phi) is 5.28. The summed E-state index contributed by atoms with van der Waals surface area (Å²) in [4.78, 5) is 26.6. The van der Waals surface area contributed by atoms with Crippen LogP contribution in [0, 0.1) is 16.7 Å². The van der Waals surface area contributed by atoms with E-state index in [2.05, 4.69) is 31.4 Å². The van der Waals surface area contributed by atoms with E-state index in [1.807, 2.05) is 41.8 Å². The number of hydrogen-bond acceptors (Lipinski definition) is 3. The summed E-state index contributed by atoms with van der Waals surface area (Å²) in [5.74, 6) is 0.398. The smallest absolute Gasteiger partial charge is 0.262 e. The van der Waals surface area contributed by atoms with Gasteiger partial charge >= 0.3 is 0 Å². The van der Waals surface area contributed by atoms with Crippen LogP contribution in [0.3, 0.4) is 0 Å². The Balaban J connectivity index is 1.51. The highest BCUT2D eigenvalue weighted by molar-refractivity contribution is 7.12. The maximum atomic E-state index is 13.3. The number of amides is 2. The van der Waals surface area contributed by atoms with Crippen LogP contribution >= 0.6 is 11.3 Å². The van der Waals surface area contributed by atoms with Crippen molar-refractivity contribution in [1.82, 2.24) is 10.6 Å². The maximum Gasteiger partial charge on any atom is 0.262 e. The van der Waals surface area contributed by atoms with Gasteiger partial charge in [-0.3, -0.25) is 9.59 Å². The molecule has 0 saturated heterocycles. The Morgan fingerprint density at radius 3 is 2.48 bits per heavy atom. The zero-order valence-electron chi connectivity index (χ0n) is 17.4. The lowest BCUT2D eigenvalue weighted by molar-refractivity contribution is -0.124. The maximum absolute atomic E-state index is 13.3. The first-order valence-corrected chi connectivity index (χ1v) is 11.4. The second kappa shape index (κ2) is 7.60. The molecule has 2 fully saturated rings. The lowest BCUT2D eigenvalue weighted by atomic mass is 9.69. The van der Waals surface area contributed by atoms with Gasteiger partial charge in [-0.15, -0.1) is 11.3 Å². The van der Waals surface area contributed by atoms with Gasteiger partial charge < -0.3 is 10.6 Å². The van der Waals surface area contributed by atoms with E-state index in [0.717, 1.165) is 18.4 Å². The Morgan fingerprint density at radius 2 is 1.90 bits per heavy atom. The summed E-state index contributed by atoms with van der Waals surface area (Å²) < 4.78 is 0. The van der Waals surface area contributed by atoms with Gasteiger partial charge in [-0.2, -0.15) is 0 Å². The minimum atomic E-state index is -0.585. The van der Waals surface area contributed by atoms with Crippen molar-refractivity contribution in [1.29, 1.82) is 0 Å². The average molecular weight is 411 g/mol. The Bertz CT molecular complexity index is 878. The molecule has 2 aromatic rings. The number of hydrogen-bond donors (Lipinski definition) is 2. The topological polar surface area (TPSA) is 58.2 Å². The van der Waals surface area contributed by atoms with Crippen LogP contribution in [0.5, 0.6) is 0 Å². The third-order valence-electron chi connectivity index (χ3n) is 7.76. The van der Waals surface area contributed by atoms with Gasteiger partial charge in [-0.25, -0.2) is 0 Å². The van der Waals surface area contributed by atoms with E-state index in [4.69, 9.17) is 0 Å². The highest BCUT2D eigenvalue weighted by Crippen LogP contribution is 2.65. The van der Waals surface area contributed by atoms with Crippen LogP contribution in [-0.2, 0) is 11.2 Å². The fourth-order valence-corrected chi connectivity index (χ4v) is 6.02. The monoisotopic (exact) mass is 410 g/mol. The first-order chi connectivity index (χ1) is 13.8. The van der Waals surface area contributed by atoms with Crippen LogP contribution in [0.25, 0.3) is 0 Å². The van der Waals surface area contributed by atoms with Crippen LogP contribution < -0.4 is 10.6 Å². The number of fused-ring (bicyclic) bond motifs is 2. The quantitative estimate of drug-likeness (QED) is 0.741. The van der Waals surface area contributed by atoms with Gasteiger partial charge in [-0.05, 0) is 53.0 Å². The van der Waals surface area contributed by atoms with Crippen molar-refractivity contribution in [2.24, 2.45) is 16.7 Å². The molecule has 2 amide bonds. The SMILES string of the molecule is CC1(C)[C@H]2CC[C@@]1(C)[C@@H](NC(=O)[C@H](Cc1ccccc1)NC(=O)c1cccs1)C2. The molecule has 2 bridgehead atoms. The molecule has 0 aliphatic heterocycles. The summed E-state index contributed by atoms with van der Waals surface area (Å²) in [6.45, 7) is 7.01. The molecule has 1 aromatic carbocycles. The van der Waals surface area contributed by atoms with E-state index >= 15 is 0 Å². The van der Waals surface area contributed by atoms with E-state index in [1.165, 1.54) is 17.8 Å². The molecule has 4 nitrogen and oxygen atoms in total. The molecule has 1 heterocycles. The molecule has 2 aliphatic carbocycles. The molecular weight excluding hydrogens is 380 g/mol. The second-order valence-corrected chi connectivity index (χ2v) is 10.3. The van der Waals surface area contributed by atoms with E-state index in [0.29, 0.717) is 17.2 Å². The number of benzene rings is 1. The minimum Gasteiger partial charge on any atom is -0.351 e. The van der Waals surface area contributed by atoms with Gasteiger partial charge in [0.25, 0.3) is 5.91 Å².